The minimum absolute atomic E-state index is 0.262. The van der Waals surface area contributed by atoms with Gasteiger partial charge in [-0.05, 0) is 36.8 Å². The smallest absolute Gasteiger partial charge is 0.258 e. The molecule has 5 aromatic rings. The average Bonchev–Trinajstić information content (AvgIpc) is 3.22. The van der Waals surface area contributed by atoms with Gasteiger partial charge in [0.1, 0.15) is 17.9 Å². The van der Waals surface area contributed by atoms with Crippen molar-refractivity contribution in [1.82, 2.24) is 15.0 Å². The van der Waals surface area contributed by atoms with Crippen LogP contribution in [0.15, 0.2) is 66.4 Å². The fourth-order valence-corrected chi connectivity index (χ4v) is 4.30. The van der Waals surface area contributed by atoms with Gasteiger partial charge in [-0.3, -0.25) is 4.79 Å². The molecular weight excluding hydrogens is 410 g/mol. The highest BCUT2D eigenvalue weighted by atomic mass is 32.1. The Bertz CT molecular complexity index is 1430. The molecule has 152 valence electrons. The molecule has 3 N–H and O–H groups in total. The van der Waals surface area contributed by atoms with Crippen molar-refractivity contribution in [2.45, 2.75) is 6.92 Å². The number of anilines is 2. The number of aryl methyl sites for hydroxylation is 1. The Morgan fingerprint density at radius 1 is 1.03 bits per heavy atom. The van der Waals surface area contributed by atoms with Crippen LogP contribution in [-0.2, 0) is 0 Å². The van der Waals surface area contributed by atoms with Gasteiger partial charge in [0.25, 0.3) is 5.91 Å². The number of benzene rings is 2. The first kappa shape index (κ1) is 19.0. The van der Waals surface area contributed by atoms with Crippen LogP contribution in [0.1, 0.15) is 15.9 Å². The van der Waals surface area contributed by atoms with Crippen LogP contribution in [0.4, 0.5) is 11.5 Å². The van der Waals surface area contributed by atoms with Crippen LogP contribution in [0.2, 0.25) is 0 Å². The van der Waals surface area contributed by atoms with E-state index < -0.39 is 0 Å². The van der Waals surface area contributed by atoms with Gasteiger partial charge in [0.05, 0.1) is 21.5 Å². The largest absolute Gasteiger partial charge is 0.438 e. The molecule has 0 saturated carbocycles. The zero-order valence-corrected chi connectivity index (χ0v) is 17.3. The molecule has 0 radical (unpaired) electrons. The Kier molecular flexibility index (Phi) is 4.68. The van der Waals surface area contributed by atoms with Crippen molar-refractivity contribution >= 4 is 49.7 Å². The maximum absolute atomic E-state index is 13.1. The van der Waals surface area contributed by atoms with E-state index in [-0.39, 0.29) is 5.91 Å². The van der Waals surface area contributed by atoms with Crippen LogP contribution >= 0.6 is 11.3 Å². The first-order chi connectivity index (χ1) is 15.1. The van der Waals surface area contributed by atoms with Gasteiger partial charge in [-0.2, -0.15) is 0 Å². The third kappa shape index (κ3) is 3.43. The highest BCUT2D eigenvalue weighted by Crippen LogP contribution is 2.35. The van der Waals surface area contributed by atoms with Gasteiger partial charge in [-0.15, -0.1) is 11.3 Å². The van der Waals surface area contributed by atoms with Gasteiger partial charge >= 0.3 is 0 Å². The lowest BCUT2D eigenvalue weighted by Gasteiger charge is -2.14. The van der Waals surface area contributed by atoms with Gasteiger partial charge in [0, 0.05) is 22.3 Å². The van der Waals surface area contributed by atoms with E-state index >= 15 is 0 Å². The van der Waals surface area contributed by atoms with Crippen LogP contribution in [0.25, 0.3) is 21.0 Å². The Morgan fingerprint density at radius 3 is 2.71 bits per heavy atom. The lowest BCUT2D eigenvalue weighted by atomic mass is 10.1. The third-order valence-electron chi connectivity index (χ3n) is 4.94. The van der Waals surface area contributed by atoms with E-state index in [2.05, 4.69) is 20.3 Å². The Balaban J connectivity index is 1.55. The monoisotopic (exact) mass is 427 g/mol. The van der Waals surface area contributed by atoms with Crippen molar-refractivity contribution in [2.75, 3.05) is 11.1 Å². The molecule has 31 heavy (non-hydrogen) atoms. The summed E-state index contributed by atoms with van der Waals surface area (Å²) >= 11 is 1.35. The number of nitrogens with two attached hydrogens (primary N) is 1. The maximum atomic E-state index is 13.1. The highest BCUT2D eigenvalue weighted by molar-refractivity contribution is 7.18. The number of ether oxygens (including phenoxy) is 1. The number of carbonyl (C=O) groups excluding carboxylic acids is 1. The van der Waals surface area contributed by atoms with Crippen LogP contribution < -0.4 is 15.8 Å². The molecule has 0 spiro atoms. The van der Waals surface area contributed by atoms with E-state index in [1.165, 1.54) is 17.7 Å². The molecular formula is C23H17N5O2S. The lowest BCUT2D eigenvalue weighted by molar-refractivity contribution is 0.102. The van der Waals surface area contributed by atoms with Crippen molar-refractivity contribution < 1.29 is 9.53 Å². The number of carbonyl (C=O) groups is 1. The molecule has 1 amide bonds. The van der Waals surface area contributed by atoms with Gasteiger partial charge in [0.2, 0.25) is 5.88 Å². The summed E-state index contributed by atoms with van der Waals surface area (Å²) in [6.45, 7) is 1.94. The second-order valence-corrected chi connectivity index (χ2v) is 7.80. The maximum Gasteiger partial charge on any atom is 0.258 e. The summed E-state index contributed by atoms with van der Waals surface area (Å²) in [5, 5.41) is 6.42. The minimum Gasteiger partial charge on any atom is -0.438 e. The number of nitrogens with zero attached hydrogens (tertiary/aromatic N) is 3. The molecule has 7 nitrogen and oxygen atoms in total. The number of pyridine rings is 1. The quantitative estimate of drug-likeness (QED) is 0.410. The molecule has 2 aromatic carbocycles. The molecule has 5 rings (SSSR count). The van der Waals surface area contributed by atoms with E-state index in [1.54, 1.807) is 11.6 Å². The average molecular weight is 427 g/mol. The van der Waals surface area contributed by atoms with E-state index in [9.17, 15) is 4.79 Å². The van der Waals surface area contributed by atoms with Crippen molar-refractivity contribution in [1.29, 1.82) is 0 Å². The minimum atomic E-state index is -0.262. The second-order valence-electron chi connectivity index (χ2n) is 6.92. The molecule has 0 atom stereocenters. The van der Waals surface area contributed by atoms with Crippen LogP contribution in [0.5, 0.6) is 11.6 Å². The molecule has 3 aromatic heterocycles. The number of aromatic nitrogens is 3. The molecule has 0 aliphatic carbocycles. The summed E-state index contributed by atoms with van der Waals surface area (Å²) < 4.78 is 6.68. The first-order valence-electron chi connectivity index (χ1n) is 9.52. The highest BCUT2D eigenvalue weighted by Gasteiger charge is 2.18. The zero-order valence-electron chi connectivity index (χ0n) is 16.5. The van der Waals surface area contributed by atoms with Crippen molar-refractivity contribution in [2.24, 2.45) is 0 Å². The van der Waals surface area contributed by atoms with Gasteiger partial charge in [-0.25, -0.2) is 15.0 Å². The molecule has 0 aliphatic heterocycles. The summed E-state index contributed by atoms with van der Waals surface area (Å²) in [5.41, 5.74) is 8.53. The molecule has 0 fully saturated rings. The summed E-state index contributed by atoms with van der Waals surface area (Å²) in [6, 6.07) is 15.2. The zero-order chi connectivity index (χ0) is 21.4. The number of fused-ring (bicyclic) bond motifs is 2. The third-order valence-corrected chi connectivity index (χ3v) is 5.93. The van der Waals surface area contributed by atoms with Crippen molar-refractivity contribution in [3.05, 3.63) is 77.6 Å². The van der Waals surface area contributed by atoms with Crippen molar-refractivity contribution in [3.63, 3.8) is 0 Å². The number of hydrogen-bond acceptors (Lipinski definition) is 7. The van der Waals surface area contributed by atoms with Crippen LogP contribution in [0, 0.1) is 6.92 Å². The second kappa shape index (κ2) is 7.66. The summed E-state index contributed by atoms with van der Waals surface area (Å²) in [5.74, 6) is 1.27. The van der Waals surface area contributed by atoms with Crippen molar-refractivity contribution in [3.8, 4) is 11.6 Å². The number of nitrogens with one attached hydrogen (secondary N) is 1. The Labute approximate surface area is 181 Å². The summed E-state index contributed by atoms with van der Waals surface area (Å²) in [4.78, 5) is 25.7. The fraction of sp³-hybridized carbons (Fsp3) is 0.0435. The van der Waals surface area contributed by atoms with Gasteiger partial charge < -0.3 is 15.8 Å². The van der Waals surface area contributed by atoms with E-state index in [1.807, 2.05) is 55.5 Å². The number of hydrogen-bond donors (Lipinski definition) is 2. The fourth-order valence-electron chi connectivity index (χ4n) is 3.40. The summed E-state index contributed by atoms with van der Waals surface area (Å²) in [7, 11) is 0. The number of rotatable bonds is 4. The van der Waals surface area contributed by atoms with Crippen LogP contribution in [-0.4, -0.2) is 20.9 Å². The Hall–Kier alpha value is -4.04. The van der Waals surface area contributed by atoms with E-state index in [0.29, 0.717) is 38.9 Å². The van der Waals surface area contributed by atoms with Gasteiger partial charge in [-0.1, -0.05) is 24.3 Å². The standard InChI is InChI=1S/C23H17N5O2S/c1-13-7-8-16-15(9-10-25-23(16)30-14-5-3-2-4-6-14)18(13)28-22(29)17-11-31-20-19(17)26-12-27-21(20)24/h2-12H,1H3,(H,28,29)(H2,24,26,27). The van der Waals surface area contributed by atoms with E-state index in [4.69, 9.17) is 10.5 Å². The predicted molar refractivity (Wildman–Crippen MR) is 123 cm³/mol. The molecule has 0 aliphatic rings. The number of amides is 1. The van der Waals surface area contributed by atoms with E-state index in [0.717, 1.165) is 16.3 Å². The molecule has 3 heterocycles. The Morgan fingerprint density at radius 2 is 1.87 bits per heavy atom. The number of para-hydroxylation sites is 1. The predicted octanol–water partition coefficient (Wildman–Crippen LogP) is 5.17. The normalized spacial score (nSPS) is 11.0. The molecule has 0 saturated heterocycles. The first-order valence-corrected chi connectivity index (χ1v) is 10.4. The molecule has 0 bridgehead atoms. The lowest BCUT2D eigenvalue weighted by Crippen LogP contribution is -2.13. The summed E-state index contributed by atoms with van der Waals surface area (Å²) in [6.07, 6.45) is 3.03. The topological polar surface area (TPSA) is 103 Å². The van der Waals surface area contributed by atoms with Gasteiger partial charge in [0.15, 0.2) is 0 Å². The number of nitrogen functional groups attached to an aromatic ring is 1. The molecule has 0 unspecified atom stereocenters. The van der Waals surface area contributed by atoms with Crippen LogP contribution in [0.3, 0.4) is 0 Å². The molecule has 8 heteroatoms. The number of thiophene rings is 1. The SMILES string of the molecule is Cc1ccc2c(Oc3ccccc3)nccc2c1NC(=O)c1csc2c(N)ncnc12.